The molecule has 0 fully saturated rings. The summed E-state index contributed by atoms with van der Waals surface area (Å²) in [6, 6.07) is 5.00. The maximum absolute atomic E-state index is 11.1. The summed E-state index contributed by atoms with van der Waals surface area (Å²) in [5.41, 5.74) is 0.754. The lowest BCUT2D eigenvalue weighted by molar-refractivity contribution is -0.385. The van der Waals surface area contributed by atoms with Crippen LogP contribution >= 0.6 is 0 Å². The Bertz CT molecular complexity index is 514. The van der Waals surface area contributed by atoms with Gasteiger partial charge in [-0.1, -0.05) is 6.92 Å². The van der Waals surface area contributed by atoms with E-state index in [0.29, 0.717) is 12.4 Å². The molecular formula is C13H17N3O3. The Balaban J connectivity index is 2.33. The van der Waals surface area contributed by atoms with E-state index in [1.165, 1.54) is 6.07 Å². The lowest BCUT2D eigenvalue weighted by Crippen LogP contribution is -2.23. The third-order valence-corrected chi connectivity index (χ3v) is 2.93. The number of likely N-dealkylation sites (N-methyl/N-ethyl adjacent to an activating group) is 1. The maximum atomic E-state index is 11.1. The van der Waals surface area contributed by atoms with E-state index in [1.54, 1.807) is 6.07 Å². The molecule has 2 rings (SSSR count). The minimum absolute atomic E-state index is 0.00560. The summed E-state index contributed by atoms with van der Waals surface area (Å²) in [5.74, 6) is 1.11. The number of amidine groups is 1. The van der Waals surface area contributed by atoms with Gasteiger partial charge in [-0.25, -0.2) is 0 Å². The van der Waals surface area contributed by atoms with Crippen LogP contribution in [0.4, 0.5) is 5.69 Å². The molecule has 0 radical (unpaired) electrons. The molecule has 0 saturated heterocycles. The van der Waals surface area contributed by atoms with Gasteiger partial charge in [0.1, 0.15) is 5.84 Å². The van der Waals surface area contributed by atoms with Crippen molar-refractivity contribution in [3.63, 3.8) is 0 Å². The molecule has 1 aliphatic rings. The second kappa shape index (κ2) is 5.69. The summed E-state index contributed by atoms with van der Waals surface area (Å²) in [5, 5.41) is 11.1. The number of ether oxygens (including phenoxy) is 1. The second-order valence-corrected chi connectivity index (χ2v) is 4.41. The molecule has 102 valence electrons. The Morgan fingerprint density at radius 3 is 2.89 bits per heavy atom. The Morgan fingerprint density at radius 1 is 1.53 bits per heavy atom. The molecular weight excluding hydrogens is 246 g/mol. The van der Waals surface area contributed by atoms with Gasteiger partial charge in [0.25, 0.3) is 0 Å². The Labute approximate surface area is 111 Å². The molecule has 0 saturated carbocycles. The fourth-order valence-corrected chi connectivity index (χ4v) is 1.98. The van der Waals surface area contributed by atoms with Crippen LogP contribution in [0.3, 0.4) is 0 Å². The normalized spacial score (nSPS) is 14.4. The summed E-state index contributed by atoms with van der Waals surface area (Å²) in [6.45, 7) is 4.01. The van der Waals surface area contributed by atoms with E-state index >= 15 is 0 Å². The first-order valence-corrected chi connectivity index (χ1v) is 6.30. The topological polar surface area (TPSA) is 68.0 Å². The first-order valence-electron chi connectivity index (χ1n) is 6.30. The summed E-state index contributed by atoms with van der Waals surface area (Å²) >= 11 is 0. The molecule has 1 heterocycles. The van der Waals surface area contributed by atoms with Gasteiger partial charge in [0, 0.05) is 25.2 Å². The zero-order chi connectivity index (χ0) is 13.8. The average molecular weight is 263 g/mol. The van der Waals surface area contributed by atoms with Crippen molar-refractivity contribution < 1.29 is 9.66 Å². The summed E-state index contributed by atoms with van der Waals surface area (Å²) < 4.78 is 5.40. The molecule has 0 atom stereocenters. The van der Waals surface area contributed by atoms with Gasteiger partial charge >= 0.3 is 5.69 Å². The summed E-state index contributed by atoms with van der Waals surface area (Å²) in [6.07, 6.45) is 0.814. The number of benzene rings is 1. The zero-order valence-electron chi connectivity index (χ0n) is 11.1. The van der Waals surface area contributed by atoms with Gasteiger partial charge in [0.2, 0.25) is 0 Å². The van der Waals surface area contributed by atoms with Crippen molar-refractivity contribution in [2.75, 3.05) is 26.7 Å². The van der Waals surface area contributed by atoms with Crippen LogP contribution in [0.2, 0.25) is 0 Å². The lowest BCUT2D eigenvalue weighted by Gasteiger charge is -2.14. The molecule has 19 heavy (non-hydrogen) atoms. The number of hydrogen-bond donors (Lipinski definition) is 0. The predicted molar refractivity (Wildman–Crippen MR) is 72.9 cm³/mol. The van der Waals surface area contributed by atoms with Crippen molar-refractivity contribution in [1.29, 1.82) is 0 Å². The molecule has 1 aliphatic heterocycles. The van der Waals surface area contributed by atoms with Crippen LogP contribution < -0.4 is 4.74 Å². The number of aliphatic imine (C=N–C) groups is 1. The molecule has 1 aromatic rings. The lowest BCUT2D eigenvalue weighted by atomic mass is 10.1. The second-order valence-electron chi connectivity index (χ2n) is 4.41. The standard InChI is InChI=1S/C13H17N3O3/c1-3-8-19-12-5-4-10(9-11(12)16(17)18)13-14-6-7-15(13)2/h4-5,9H,3,6-8H2,1-2H3. The number of nitro benzene ring substituents is 1. The highest BCUT2D eigenvalue weighted by Gasteiger charge is 2.21. The highest BCUT2D eigenvalue weighted by Crippen LogP contribution is 2.29. The van der Waals surface area contributed by atoms with Gasteiger partial charge in [-0.3, -0.25) is 15.1 Å². The highest BCUT2D eigenvalue weighted by atomic mass is 16.6. The summed E-state index contributed by atoms with van der Waals surface area (Å²) in [7, 11) is 1.93. The maximum Gasteiger partial charge on any atom is 0.311 e. The predicted octanol–water partition coefficient (Wildman–Crippen LogP) is 2.08. The highest BCUT2D eigenvalue weighted by molar-refractivity contribution is 6.00. The van der Waals surface area contributed by atoms with Gasteiger partial charge in [0.05, 0.1) is 18.1 Å². The molecule has 1 aromatic carbocycles. The van der Waals surface area contributed by atoms with Gasteiger partial charge in [-0.05, 0) is 18.6 Å². The molecule has 0 unspecified atom stereocenters. The summed E-state index contributed by atoms with van der Waals surface area (Å²) in [4.78, 5) is 17.0. The minimum Gasteiger partial charge on any atom is -0.487 e. The van der Waals surface area contributed by atoms with Crippen molar-refractivity contribution in [3.05, 3.63) is 33.9 Å². The molecule has 0 amide bonds. The Hall–Kier alpha value is -2.11. The molecule has 0 spiro atoms. The SMILES string of the molecule is CCCOc1ccc(C2=NCCN2C)cc1[N+](=O)[O-]. The third-order valence-electron chi connectivity index (χ3n) is 2.93. The minimum atomic E-state index is -0.413. The van der Waals surface area contributed by atoms with E-state index in [-0.39, 0.29) is 5.69 Å². The third kappa shape index (κ3) is 2.83. The zero-order valence-corrected chi connectivity index (χ0v) is 11.1. The Morgan fingerprint density at radius 2 is 2.32 bits per heavy atom. The van der Waals surface area contributed by atoms with E-state index in [4.69, 9.17) is 4.74 Å². The van der Waals surface area contributed by atoms with Crippen molar-refractivity contribution >= 4 is 11.5 Å². The Kier molecular flexibility index (Phi) is 3.99. The van der Waals surface area contributed by atoms with E-state index < -0.39 is 4.92 Å². The number of nitro groups is 1. The molecule has 6 nitrogen and oxygen atoms in total. The first-order chi connectivity index (χ1) is 9.13. The van der Waals surface area contributed by atoms with Crippen LogP contribution in [-0.2, 0) is 0 Å². The molecule has 6 heteroatoms. The van der Waals surface area contributed by atoms with Gasteiger partial charge in [-0.2, -0.15) is 0 Å². The van der Waals surface area contributed by atoms with Gasteiger partial charge < -0.3 is 9.64 Å². The average Bonchev–Trinajstić information content (AvgIpc) is 2.82. The van der Waals surface area contributed by atoms with E-state index in [2.05, 4.69) is 4.99 Å². The first kappa shape index (κ1) is 13.3. The van der Waals surface area contributed by atoms with Crippen molar-refractivity contribution in [1.82, 2.24) is 4.90 Å². The fourth-order valence-electron chi connectivity index (χ4n) is 1.98. The van der Waals surface area contributed by atoms with Crippen LogP contribution in [0.25, 0.3) is 0 Å². The van der Waals surface area contributed by atoms with Crippen molar-refractivity contribution in [2.24, 2.45) is 4.99 Å². The van der Waals surface area contributed by atoms with Crippen LogP contribution in [0.1, 0.15) is 18.9 Å². The molecule has 0 aromatic heterocycles. The van der Waals surface area contributed by atoms with Crippen molar-refractivity contribution in [3.8, 4) is 5.75 Å². The molecule has 0 bridgehead atoms. The van der Waals surface area contributed by atoms with E-state index in [9.17, 15) is 10.1 Å². The van der Waals surface area contributed by atoms with Crippen LogP contribution in [0.15, 0.2) is 23.2 Å². The van der Waals surface area contributed by atoms with Gasteiger partial charge in [0.15, 0.2) is 5.75 Å². The van der Waals surface area contributed by atoms with E-state index in [0.717, 1.165) is 30.9 Å². The molecule has 0 N–H and O–H groups in total. The number of hydrogen-bond acceptors (Lipinski definition) is 5. The van der Waals surface area contributed by atoms with Crippen LogP contribution in [-0.4, -0.2) is 42.4 Å². The van der Waals surface area contributed by atoms with Crippen molar-refractivity contribution in [2.45, 2.75) is 13.3 Å². The number of nitrogens with zero attached hydrogens (tertiary/aromatic N) is 3. The van der Waals surface area contributed by atoms with Crippen LogP contribution in [0.5, 0.6) is 5.75 Å². The van der Waals surface area contributed by atoms with Gasteiger partial charge in [-0.15, -0.1) is 0 Å². The largest absolute Gasteiger partial charge is 0.487 e. The van der Waals surface area contributed by atoms with Crippen LogP contribution in [0, 0.1) is 10.1 Å². The monoisotopic (exact) mass is 263 g/mol. The molecule has 0 aliphatic carbocycles. The van der Waals surface area contributed by atoms with E-state index in [1.807, 2.05) is 24.9 Å². The quantitative estimate of drug-likeness (QED) is 0.602. The fraction of sp³-hybridized carbons (Fsp3) is 0.462. The number of rotatable bonds is 5. The smallest absolute Gasteiger partial charge is 0.311 e.